The van der Waals surface area contributed by atoms with Crippen molar-refractivity contribution in [3.63, 3.8) is 0 Å². The standard InChI is InChI=1S/C23H27FN2O2/c1-28-22-11-5-2-8-18(22)15-17-7-6-13-25(16-17)21-12-14-26(23(21)27)20-10-4-3-9-19(20)24/h2-5,8-11,17,21H,6-7,12-16H2,1H3. The number of ether oxygens (including phenoxy) is 1. The third kappa shape index (κ3) is 3.76. The van der Waals surface area contributed by atoms with E-state index in [1.54, 1.807) is 30.2 Å². The van der Waals surface area contributed by atoms with Gasteiger partial charge in [-0.1, -0.05) is 30.3 Å². The number of piperidine rings is 1. The average Bonchev–Trinajstić information content (AvgIpc) is 3.10. The highest BCUT2D eigenvalue weighted by Crippen LogP contribution is 2.31. The molecule has 2 saturated heterocycles. The van der Waals surface area contributed by atoms with Gasteiger partial charge < -0.3 is 9.64 Å². The molecule has 0 aromatic heterocycles. The Bertz CT molecular complexity index is 841. The van der Waals surface area contributed by atoms with Gasteiger partial charge in [-0.2, -0.15) is 0 Å². The lowest BCUT2D eigenvalue weighted by atomic mass is 9.90. The van der Waals surface area contributed by atoms with E-state index in [0.29, 0.717) is 18.2 Å². The number of likely N-dealkylation sites (tertiary alicyclic amines) is 1. The van der Waals surface area contributed by atoms with Crippen LogP contribution in [0, 0.1) is 11.7 Å². The maximum absolute atomic E-state index is 14.1. The van der Waals surface area contributed by atoms with Gasteiger partial charge in [0, 0.05) is 13.1 Å². The predicted octanol–water partition coefficient (Wildman–Crippen LogP) is 3.89. The van der Waals surface area contributed by atoms with E-state index in [2.05, 4.69) is 11.0 Å². The van der Waals surface area contributed by atoms with Crippen molar-refractivity contribution in [2.75, 3.05) is 31.6 Å². The highest BCUT2D eigenvalue weighted by molar-refractivity contribution is 5.99. The van der Waals surface area contributed by atoms with Crippen molar-refractivity contribution in [1.29, 1.82) is 0 Å². The van der Waals surface area contributed by atoms with E-state index in [1.807, 2.05) is 18.2 Å². The lowest BCUT2D eigenvalue weighted by molar-refractivity contribution is -0.122. The molecule has 0 spiro atoms. The molecule has 0 bridgehead atoms. The highest BCUT2D eigenvalue weighted by Gasteiger charge is 2.39. The number of hydrogen-bond acceptors (Lipinski definition) is 3. The van der Waals surface area contributed by atoms with Gasteiger partial charge in [0.25, 0.3) is 0 Å². The van der Waals surface area contributed by atoms with Gasteiger partial charge in [0.1, 0.15) is 11.6 Å². The van der Waals surface area contributed by atoms with Crippen molar-refractivity contribution >= 4 is 11.6 Å². The molecule has 0 aliphatic carbocycles. The van der Waals surface area contributed by atoms with E-state index in [0.717, 1.165) is 44.5 Å². The maximum atomic E-state index is 14.1. The molecule has 2 heterocycles. The lowest BCUT2D eigenvalue weighted by Gasteiger charge is -2.36. The van der Waals surface area contributed by atoms with Gasteiger partial charge in [0.05, 0.1) is 18.8 Å². The topological polar surface area (TPSA) is 32.8 Å². The second kappa shape index (κ2) is 8.31. The second-order valence-electron chi connectivity index (χ2n) is 7.76. The minimum absolute atomic E-state index is 0.0306. The van der Waals surface area contributed by atoms with Crippen molar-refractivity contribution in [2.24, 2.45) is 5.92 Å². The number of benzene rings is 2. The minimum Gasteiger partial charge on any atom is -0.496 e. The Morgan fingerprint density at radius 1 is 1.07 bits per heavy atom. The fraction of sp³-hybridized carbons (Fsp3) is 0.435. The molecule has 0 N–H and O–H groups in total. The largest absolute Gasteiger partial charge is 0.496 e. The number of methoxy groups -OCH3 is 1. The minimum atomic E-state index is -0.329. The van der Waals surface area contributed by atoms with Crippen LogP contribution >= 0.6 is 0 Å². The first kappa shape index (κ1) is 18.9. The number of amides is 1. The van der Waals surface area contributed by atoms with Gasteiger partial charge in [-0.05, 0) is 61.9 Å². The highest BCUT2D eigenvalue weighted by atomic mass is 19.1. The van der Waals surface area contributed by atoms with Gasteiger partial charge in [-0.15, -0.1) is 0 Å². The zero-order valence-electron chi connectivity index (χ0n) is 16.3. The maximum Gasteiger partial charge on any atom is 0.244 e. The fourth-order valence-electron chi connectivity index (χ4n) is 4.64. The molecular weight excluding hydrogens is 355 g/mol. The van der Waals surface area contributed by atoms with Crippen LogP contribution in [0.25, 0.3) is 0 Å². The van der Waals surface area contributed by atoms with Crippen LogP contribution in [0.5, 0.6) is 5.75 Å². The number of rotatable bonds is 5. The molecule has 28 heavy (non-hydrogen) atoms. The molecular formula is C23H27FN2O2. The zero-order valence-corrected chi connectivity index (χ0v) is 16.3. The summed E-state index contributed by atoms with van der Waals surface area (Å²) in [6.07, 6.45) is 3.96. The molecule has 4 nitrogen and oxygen atoms in total. The van der Waals surface area contributed by atoms with E-state index in [1.165, 1.54) is 11.6 Å². The Kier molecular flexibility index (Phi) is 5.62. The molecule has 2 atom stereocenters. The van der Waals surface area contributed by atoms with Crippen LogP contribution < -0.4 is 9.64 Å². The first-order valence-electron chi connectivity index (χ1n) is 10.1. The number of nitrogens with zero attached hydrogens (tertiary/aromatic N) is 2. The van der Waals surface area contributed by atoms with E-state index < -0.39 is 0 Å². The lowest BCUT2D eigenvalue weighted by Crippen LogP contribution is -2.47. The number of hydrogen-bond donors (Lipinski definition) is 0. The summed E-state index contributed by atoms with van der Waals surface area (Å²) in [5.74, 6) is 1.13. The van der Waals surface area contributed by atoms with Crippen molar-refractivity contribution in [3.05, 3.63) is 59.9 Å². The Hall–Kier alpha value is -2.40. The first-order valence-corrected chi connectivity index (χ1v) is 10.1. The summed E-state index contributed by atoms with van der Waals surface area (Å²) in [6, 6.07) is 14.6. The predicted molar refractivity (Wildman–Crippen MR) is 108 cm³/mol. The van der Waals surface area contributed by atoms with Gasteiger partial charge in [0.15, 0.2) is 0 Å². The molecule has 4 rings (SSSR count). The third-order valence-electron chi connectivity index (χ3n) is 6.01. The quantitative estimate of drug-likeness (QED) is 0.786. The van der Waals surface area contributed by atoms with Gasteiger partial charge in [-0.3, -0.25) is 9.69 Å². The van der Waals surface area contributed by atoms with Crippen LogP contribution in [0.1, 0.15) is 24.8 Å². The van der Waals surface area contributed by atoms with Crippen molar-refractivity contribution in [3.8, 4) is 5.75 Å². The van der Waals surface area contributed by atoms with Crippen LogP contribution in [0.4, 0.5) is 10.1 Å². The van der Waals surface area contributed by atoms with Crippen LogP contribution in [-0.4, -0.2) is 43.6 Å². The van der Waals surface area contributed by atoms with E-state index in [4.69, 9.17) is 4.74 Å². The molecule has 1 amide bonds. The van der Waals surface area contributed by atoms with Crippen molar-refractivity contribution in [1.82, 2.24) is 4.90 Å². The number of anilines is 1. The van der Waals surface area contributed by atoms with Gasteiger partial charge in [-0.25, -0.2) is 4.39 Å². The third-order valence-corrected chi connectivity index (χ3v) is 6.01. The number of carbonyl (C=O) groups excluding carboxylic acids is 1. The summed E-state index contributed by atoms with van der Waals surface area (Å²) in [4.78, 5) is 16.9. The van der Waals surface area contributed by atoms with Crippen molar-refractivity contribution in [2.45, 2.75) is 31.7 Å². The summed E-state index contributed by atoms with van der Waals surface area (Å²) >= 11 is 0. The summed E-state index contributed by atoms with van der Waals surface area (Å²) in [5, 5.41) is 0. The fourth-order valence-corrected chi connectivity index (χ4v) is 4.64. The first-order chi connectivity index (χ1) is 13.7. The van der Waals surface area contributed by atoms with E-state index in [-0.39, 0.29) is 17.8 Å². The number of para-hydroxylation sites is 2. The summed E-state index contributed by atoms with van der Waals surface area (Å²) in [7, 11) is 1.71. The molecule has 148 valence electrons. The molecule has 2 aliphatic heterocycles. The van der Waals surface area contributed by atoms with Gasteiger partial charge >= 0.3 is 0 Å². The normalized spacial score (nSPS) is 23.2. The Morgan fingerprint density at radius 2 is 1.86 bits per heavy atom. The van der Waals surface area contributed by atoms with Crippen LogP contribution in [0.2, 0.25) is 0 Å². The Morgan fingerprint density at radius 3 is 2.68 bits per heavy atom. The summed E-state index contributed by atoms with van der Waals surface area (Å²) < 4.78 is 19.6. The smallest absolute Gasteiger partial charge is 0.244 e. The van der Waals surface area contributed by atoms with Crippen LogP contribution in [-0.2, 0) is 11.2 Å². The molecule has 0 saturated carbocycles. The van der Waals surface area contributed by atoms with Crippen LogP contribution in [0.15, 0.2) is 48.5 Å². The molecule has 5 heteroatoms. The molecule has 2 fully saturated rings. The molecule has 2 aromatic rings. The molecule has 0 radical (unpaired) electrons. The molecule has 2 aliphatic rings. The van der Waals surface area contributed by atoms with Gasteiger partial charge in [0.2, 0.25) is 5.91 Å². The molecule has 2 aromatic carbocycles. The monoisotopic (exact) mass is 382 g/mol. The van der Waals surface area contributed by atoms with Crippen molar-refractivity contribution < 1.29 is 13.9 Å². The summed E-state index contributed by atoms with van der Waals surface area (Å²) in [5.41, 5.74) is 1.63. The van der Waals surface area contributed by atoms with E-state index >= 15 is 0 Å². The second-order valence-corrected chi connectivity index (χ2v) is 7.76. The van der Waals surface area contributed by atoms with E-state index in [9.17, 15) is 9.18 Å². The summed E-state index contributed by atoms with van der Waals surface area (Å²) in [6.45, 7) is 2.42. The Balaban J connectivity index is 1.44. The number of carbonyl (C=O) groups is 1. The Labute approximate surface area is 165 Å². The zero-order chi connectivity index (χ0) is 19.5. The average molecular weight is 382 g/mol. The molecule has 2 unspecified atom stereocenters. The number of halogens is 1. The SMILES string of the molecule is COc1ccccc1CC1CCCN(C2CCN(c3ccccc3F)C2=O)C1. The van der Waals surface area contributed by atoms with Crippen LogP contribution in [0.3, 0.4) is 0 Å².